The molecule has 56 heavy (non-hydrogen) atoms. The van der Waals surface area contributed by atoms with Crippen molar-refractivity contribution in [3.63, 3.8) is 0 Å². The summed E-state index contributed by atoms with van der Waals surface area (Å²) in [6.07, 6.45) is 0. The predicted octanol–water partition coefficient (Wildman–Crippen LogP) is 14.1. The first-order valence-corrected chi connectivity index (χ1v) is 19.5. The molecule has 0 saturated heterocycles. The first kappa shape index (κ1) is 32.2. The van der Waals surface area contributed by atoms with Crippen LogP contribution in [-0.4, -0.2) is 15.0 Å². The third-order valence-electron chi connectivity index (χ3n) is 10.6. The summed E-state index contributed by atoms with van der Waals surface area (Å²) in [4.78, 5) is 15.6. The molecule has 5 heteroatoms. The van der Waals surface area contributed by atoms with Gasteiger partial charge in [-0.15, -0.1) is 11.3 Å². The van der Waals surface area contributed by atoms with Crippen molar-refractivity contribution < 1.29 is 4.42 Å². The van der Waals surface area contributed by atoms with Gasteiger partial charge in [0.1, 0.15) is 11.2 Å². The van der Waals surface area contributed by atoms with E-state index in [1.165, 1.54) is 37.7 Å². The van der Waals surface area contributed by atoms with Crippen molar-refractivity contribution >= 4 is 53.4 Å². The van der Waals surface area contributed by atoms with E-state index in [4.69, 9.17) is 19.4 Å². The van der Waals surface area contributed by atoms with Crippen LogP contribution in [0.15, 0.2) is 192 Å². The van der Waals surface area contributed by atoms with E-state index < -0.39 is 0 Å². The molecule has 3 heterocycles. The van der Waals surface area contributed by atoms with Crippen molar-refractivity contribution in [2.24, 2.45) is 0 Å². The number of nitrogens with zero attached hydrogens (tertiary/aromatic N) is 3. The molecule has 0 aliphatic heterocycles. The number of aromatic nitrogens is 3. The molecule has 8 aromatic carbocycles. The maximum atomic E-state index is 6.82. The molecule has 0 N–H and O–H groups in total. The zero-order valence-corrected chi connectivity index (χ0v) is 30.9. The highest BCUT2D eigenvalue weighted by Crippen LogP contribution is 2.46. The zero-order valence-electron chi connectivity index (χ0n) is 30.1. The highest BCUT2D eigenvalue weighted by molar-refractivity contribution is 7.26. The maximum Gasteiger partial charge on any atom is 0.167 e. The van der Waals surface area contributed by atoms with E-state index in [-0.39, 0.29) is 0 Å². The van der Waals surface area contributed by atoms with E-state index in [0.29, 0.717) is 17.5 Å². The average molecular weight is 734 g/mol. The van der Waals surface area contributed by atoms with Gasteiger partial charge in [0.05, 0.1) is 5.56 Å². The molecule has 0 radical (unpaired) electrons. The summed E-state index contributed by atoms with van der Waals surface area (Å²) in [5.41, 5.74) is 11.3. The second-order valence-corrected chi connectivity index (χ2v) is 14.9. The zero-order chi connectivity index (χ0) is 37.0. The second-order valence-electron chi connectivity index (χ2n) is 13.9. The molecule has 0 amide bonds. The Bertz CT molecular complexity index is 3240. The molecule has 0 aliphatic carbocycles. The number of fused-ring (bicyclic) bond motifs is 6. The average Bonchev–Trinajstić information content (AvgIpc) is 3.86. The summed E-state index contributed by atoms with van der Waals surface area (Å²) in [5.74, 6) is 1.80. The summed E-state index contributed by atoms with van der Waals surface area (Å²) < 4.78 is 9.19. The molecular weight excluding hydrogens is 703 g/mol. The quantitative estimate of drug-likeness (QED) is 0.171. The van der Waals surface area contributed by atoms with Crippen LogP contribution in [0.5, 0.6) is 0 Å². The number of hydrogen-bond acceptors (Lipinski definition) is 5. The highest BCUT2D eigenvalue weighted by atomic mass is 32.1. The third kappa shape index (κ3) is 5.32. The number of hydrogen-bond donors (Lipinski definition) is 0. The van der Waals surface area contributed by atoms with Crippen LogP contribution in [0.25, 0.3) is 110 Å². The van der Waals surface area contributed by atoms with Crippen LogP contribution in [0, 0.1) is 0 Å². The SMILES string of the molecule is c1ccc(-c2nc(-c3cccc4c3oc3c(-c5ccccc5)cccc34)nc(-c3cccc4c3sc3c(-c5ccccc5-c5ccccc5)cccc34)n2)cc1. The van der Waals surface area contributed by atoms with Gasteiger partial charge < -0.3 is 4.42 Å². The van der Waals surface area contributed by atoms with Crippen LogP contribution in [0.1, 0.15) is 0 Å². The van der Waals surface area contributed by atoms with Crippen molar-refractivity contribution in [2.75, 3.05) is 0 Å². The Morgan fingerprint density at radius 3 is 1.34 bits per heavy atom. The lowest BCUT2D eigenvalue weighted by molar-refractivity contribution is 0.670. The molecule has 3 aromatic heterocycles. The van der Waals surface area contributed by atoms with Crippen LogP contribution in [0.2, 0.25) is 0 Å². The molecule has 0 bridgehead atoms. The van der Waals surface area contributed by atoms with Gasteiger partial charge in [-0.05, 0) is 34.4 Å². The molecule has 262 valence electrons. The minimum atomic E-state index is 0.565. The van der Waals surface area contributed by atoms with Crippen LogP contribution >= 0.6 is 11.3 Å². The number of benzene rings is 8. The van der Waals surface area contributed by atoms with Gasteiger partial charge in [-0.1, -0.05) is 176 Å². The van der Waals surface area contributed by atoms with Crippen LogP contribution in [0.3, 0.4) is 0 Å². The van der Waals surface area contributed by atoms with Gasteiger partial charge in [0.25, 0.3) is 0 Å². The molecule has 0 saturated carbocycles. The lowest BCUT2D eigenvalue weighted by atomic mass is 9.94. The van der Waals surface area contributed by atoms with Crippen molar-refractivity contribution in [3.05, 3.63) is 188 Å². The van der Waals surface area contributed by atoms with E-state index in [9.17, 15) is 0 Å². The number of furan rings is 1. The Morgan fingerprint density at radius 2 is 0.696 bits per heavy atom. The van der Waals surface area contributed by atoms with E-state index in [1.807, 2.05) is 36.4 Å². The lowest BCUT2D eigenvalue weighted by Gasteiger charge is -2.11. The monoisotopic (exact) mass is 733 g/mol. The van der Waals surface area contributed by atoms with E-state index in [1.54, 1.807) is 11.3 Å². The molecule has 0 atom stereocenters. The summed E-state index contributed by atoms with van der Waals surface area (Å²) in [6.45, 7) is 0. The third-order valence-corrected chi connectivity index (χ3v) is 11.9. The molecule has 0 aliphatic rings. The number of para-hydroxylation sites is 2. The largest absolute Gasteiger partial charge is 0.455 e. The van der Waals surface area contributed by atoms with Crippen LogP contribution in [0.4, 0.5) is 0 Å². The number of thiophene rings is 1. The van der Waals surface area contributed by atoms with Gasteiger partial charge in [0.15, 0.2) is 17.5 Å². The second kappa shape index (κ2) is 13.3. The topological polar surface area (TPSA) is 51.8 Å². The summed E-state index contributed by atoms with van der Waals surface area (Å²) in [7, 11) is 0. The summed E-state index contributed by atoms with van der Waals surface area (Å²) >= 11 is 1.80. The first-order chi connectivity index (χ1) is 27.8. The minimum absolute atomic E-state index is 0.565. The van der Waals surface area contributed by atoms with Crippen LogP contribution in [-0.2, 0) is 0 Å². The lowest BCUT2D eigenvalue weighted by Crippen LogP contribution is -2.00. The minimum Gasteiger partial charge on any atom is -0.455 e. The van der Waals surface area contributed by atoms with Crippen molar-refractivity contribution in [3.8, 4) is 67.5 Å². The predicted molar refractivity (Wildman–Crippen MR) is 233 cm³/mol. The first-order valence-electron chi connectivity index (χ1n) is 18.7. The van der Waals surface area contributed by atoms with Crippen molar-refractivity contribution in [1.82, 2.24) is 15.0 Å². The molecule has 11 aromatic rings. The Labute approximate surface area is 327 Å². The van der Waals surface area contributed by atoms with E-state index >= 15 is 0 Å². The molecule has 0 fully saturated rings. The fourth-order valence-corrected chi connectivity index (χ4v) is 9.31. The molecule has 4 nitrogen and oxygen atoms in total. The van der Waals surface area contributed by atoms with Gasteiger partial charge in [0, 0.05) is 53.2 Å². The fraction of sp³-hybridized carbons (Fsp3) is 0. The van der Waals surface area contributed by atoms with Gasteiger partial charge in [0.2, 0.25) is 0 Å². The van der Waals surface area contributed by atoms with Crippen molar-refractivity contribution in [2.45, 2.75) is 0 Å². The Kier molecular flexibility index (Phi) is 7.64. The summed E-state index contributed by atoms with van der Waals surface area (Å²) in [6, 6.07) is 65.5. The normalized spacial score (nSPS) is 11.6. The van der Waals surface area contributed by atoms with Gasteiger partial charge in [-0.2, -0.15) is 0 Å². The smallest absolute Gasteiger partial charge is 0.167 e. The maximum absolute atomic E-state index is 6.82. The van der Waals surface area contributed by atoms with Crippen LogP contribution < -0.4 is 0 Å². The van der Waals surface area contributed by atoms with E-state index in [0.717, 1.165) is 54.5 Å². The Morgan fingerprint density at radius 1 is 0.286 bits per heavy atom. The van der Waals surface area contributed by atoms with Gasteiger partial charge in [-0.3, -0.25) is 0 Å². The fourth-order valence-electron chi connectivity index (χ4n) is 7.97. The molecular formula is C51H31N3OS. The van der Waals surface area contributed by atoms with Gasteiger partial charge in [-0.25, -0.2) is 15.0 Å². The Balaban J connectivity index is 1.13. The summed E-state index contributed by atoms with van der Waals surface area (Å²) in [5, 5.41) is 4.47. The molecule has 0 spiro atoms. The van der Waals surface area contributed by atoms with E-state index in [2.05, 4.69) is 152 Å². The number of rotatable bonds is 6. The van der Waals surface area contributed by atoms with Gasteiger partial charge >= 0.3 is 0 Å². The van der Waals surface area contributed by atoms with Crippen molar-refractivity contribution in [1.29, 1.82) is 0 Å². The standard InChI is InChI=1S/C51H31N3OS/c1-4-16-32(17-5-1)35-22-10-11-23-37(35)40-27-14-28-41-42-29-15-31-44(48(42)56-47(40)41)51-53-49(34-20-8-3-9-21-34)52-50(54-51)43-30-13-26-39-38-25-12-24-36(45(38)55-46(39)43)33-18-6-2-7-19-33/h1-31H. The Hall–Kier alpha value is -7.21. The molecule has 11 rings (SSSR count). The molecule has 0 unspecified atom stereocenters. The highest BCUT2D eigenvalue weighted by Gasteiger charge is 2.21.